The van der Waals surface area contributed by atoms with Crippen LogP contribution in [0.15, 0.2) is 12.1 Å². The average Bonchev–Trinajstić information content (AvgIpc) is 2.09. The van der Waals surface area contributed by atoms with Gasteiger partial charge >= 0.3 is 4.99 Å². The largest absolute Gasteiger partial charge is 0.399 e. The van der Waals surface area contributed by atoms with Crippen molar-refractivity contribution in [1.29, 1.82) is 0 Å². The highest BCUT2D eigenvalue weighted by Gasteiger charge is 2.23. The maximum absolute atomic E-state index is 10.8. The Morgan fingerprint density at radius 3 is 2.06 bits per heavy atom. The Balaban J connectivity index is 3.69. The predicted octanol–water partition coefficient (Wildman–Crippen LogP) is 0.519. The summed E-state index contributed by atoms with van der Waals surface area (Å²) in [4.78, 5) is 8.94. The van der Waals surface area contributed by atoms with Crippen LogP contribution in [0.5, 0.6) is 0 Å². The molecule has 16 heavy (non-hydrogen) atoms. The molecule has 1 aromatic rings. The van der Waals surface area contributed by atoms with Crippen molar-refractivity contribution in [2.75, 3.05) is 5.73 Å². The molecule has 0 aliphatic heterocycles. The number of nitro groups is 1. The lowest BCUT2D eigenvalue weighted by atomic mass is 10.0. The summed E-state index contributed by atoms with van der Waals surface area (Å²) in [5, 5.41) is 10.7. The van der Waals surface area contributed by atoms with Crippen LogP contribution >= 0.6 is 0 Å². The fourth-order valence-electron chi connectivity index (χ4n) is 1.57. The summed E-state index contributed by atoms with van der Waals surface area (Å²) in [5.74, 6) is 0. The van der Waals surface area contributed by atoms with Crippen molar-refractivity contribution >= 4 is 21.0 Å². The zero-order valence-corrected chi connectivity index (χ0v) is 9.54. The Kier molecular flexibility index (Phi) is 3.28. The van der Waals surface area contributed by atoms with E-state index in [1.807, 2.05) is 0 Å². The highest BCUT2D eigenvalue weighted by molar-refractivity contribution is 7.73. The first-order valence-corrected chi connectivity index (χ1v) is 5.39. The second-order valence-corrected chi connectivity index (χ2v) is 4.18. The van der Waals surface area contributed by atoms with Crippen molar-refractivity contribution in [3.63, 3.8) is 0 Å². The minimum atomic E-state index is -2.88. The first-order chi connectivity index (χ1) is 7.34. The molecule has 0 unspecified atom stereocenters. The Morgan fingerprint density at radius 1 is 1.31 bits per heavy atom. The van der Waals surface area contributed by atoms with Gasteiger partial charge in [0.1, 0.15) is 0 Å². The maximum Gasteiger partial charge on any atom is 0.393 e. The van der Waals surface area contributed by atoms with E-state index in [0.717, 1.165) is 0 Å². The summed E-state index contributed by atoms with van der Waals surface area (Å²) in [7, 11) is -2.88. The summed E-state index contributed by atoms with van der Waals surface area (Å²) in [6.07, 6.45) is 0. The number of hydrogen-bond acceptors (Lipinski definition) is 5. The van der Waals surface area contributed by atoms with Crippen LogP contribution < -0.4 is 5.73 Å². The van der Waals surface area contributed by atoms with Crippen molar-refractivity contribution in [2.45, 2.75) is 13.8 Å². The van der Waals surface area contributed by atoms with Gasteiger partial charge in [0.25, 0.3) is 10.3 Å². The number of anilines is 1. The topological polar surface area (TPSA) is 103 Å². The molecule has 1 rings (SSSR count). The van der Waals surface area contributed by atoms with Gasteiger partial charge < -0.3 is 5.73 Å². The van der Waals surface area contributed by atoms with Crippen molar-refractivity contribution < 1.29 is 13.3 Å². The van der Waals surface area contributed by atoms with E-state index in [4.69, 9.17) is 5.73 Å². The molecule has 86 valence electrons. The molecule has 1 aromatic carbocycles. The van der Waals surface area contributed by atoms with Crippen LogP contribution in [0, 0.1) is 24.0 Å². The lowest BCUT2D eigenvalue weighted by Gasteiger charge is -2.06. The first-order valence-electron chi connectivity index (χ1n) is 4.32. The second-order valence-electron chi connectivity index (χ2n) is 3.33. The number of nitrogens with two attached hydrogens (primary N) is 1. The van der Waals surface area contributed by atoms with Crippen LogP contribution in [0.25, 0.3) is 0 Å². The third kappa shape index (κ3) is 2.19. The molecule has 0 aromatic heterocycles. The Hall–Kier alpha value is -1.89. The fourth-order valence-corrected chi connectivity index (χ4v) is 2.18. The van der Waals surface area contributed by atoms with E-state index in [2.05, 4.69) is 0 Å². The van der Waals surface area contributed by atoms with Gasteiger partial charge in [0.2, 0.25) is 0 Å². The molecule has 0 saturated carbocycles. The predicted molar refractivity (Wildman–Crippen MR) is 60.4 cm³/mol. The number of nitrogens with zero attached hydrogens (tertiary/aromatic N) is 1. The standard InChI is InChI=1S/C9H10N2O4S/c1-5-3-7(10)4-6(2)8(5)9(11(12)13)16(14)15/h3-4H,10H2,1-2H3. The lowest BCUT2D eigenvalue weighted by Crippen LogP contribution is -2.17. The van der Waals surface area contributed by atoms with Crippen molar-refractivity contribution in [1.82, 2.24) is 0 Å². The van der Waals surface area contributed by atoms with Crippen molar-refractivity contribution in [2.24, 2.45) is 0 Å². The normalized spacial score (nSPS) is 9.88. The van der Waals surface area contributed by atoms with Crippen molar-refractivity contribution in [3.05, 3.63) is 38.9 Å². The molecule has 0 atom stereocenters. The smallest absolute Gasteiger partial charge is 0.393 e. The number of rotatable bonds is 1. The quantitative estimate of drug-likeness (QED) is 0.334. The molecule has 6 nitrogen and oxygen atoms in total. The molecule has 7 heteroatoms. The third-order valence-corrected chi connectivity index (χ3v) is 2.76. The highest BCUT2D eigenvalue weighted by Crippen LogP contribution is 2.18. The van der Waals surface area contributed by atoms with E-state index in [9.17, 15) is 18.5 Å². The molecule has 0 radical (unpaired) electrons. The van der Waals surface area contributed by atoms with Gasteiger partial charge in [-0.15, -0.1) is 0 Å². The molecule has 0 amide bonds. The summed E-state index contributed by atoms with van der Waals surface area (Å²) in [6, 6.07) is 3.00. The monoisotopic (exact) mass is 242 g/mol. The fraction of sp³-hybridized carbons (Fsp3) is 0.222. The maximum atomic E-state index is 10.8. The zero-order valence-electron chi connectivity index (χ0n) is 8.72. The number of benzene rings is 1. The molecule has 0 heterocycles. The zero-order chi connectivity index (χ0) is 12.5. The van der Waals surface area contributed by atoms with E-state index in [0.29, 0.717) is 16.8 Å². The van der Waals surface area contributed by atoms with E-state index in [-0.39, 0.29) is 5.56 Å². The van der Waals surface area contributed by atoms with Gasteiger partial charge in [-0.25, -0.2) is 0 Å². The highest BCUT2D eigenvalue weighted by atomic mass is 32.2. The van der Waals surface area contributed by atoms with Gasteiger partial charge in [-0.2, -0.15) is 8.42 Å². The minimum absolute atomic E-state index is 0.104. The van der Waals surface area contributed by atoms with E-state index < -0.39 is 20.2 Å². The number of hydrogen-bond donors (Lipinski definition) is 1. The van der Waals surface area contributed by atoms with E-state index in [1.165, 1.54) is 12.1 Å². The molecule has 2 N–H and O–H groups in total. The summed E-state index contributed by atoms with van der Waals surface area (Å²) < 4.78 is 21.6. The Bertz CT molecular complexity index is 559. The van der Waals surface area contributed by atoms with Gasteiger partial charge in [-0.3, -0.25) is 10.1 Å². The van der Waals surface area contributed by atoms with Crippen LogP contribution in [0.3, 0.4) is 0 Å². The van der Waals surface area contributed by atoms with E-state index in [1.54, 1.807) is 13.8 Å². The molecular weight excluding hydrogens is 232 g/mol. The molecular formula is C9H10N2O4S. The number of nitrogen functional groups attached to an aromatic ring is 1. The average molecular weight is 242 g/mol. The SMILES string of the molecule is Cc1cc(N)cc(C)c1C([N+](=O)[O-])=S(=O)=O. The van der Waals surface area contributed by atoms with Crippen LogP contribution in [-0.4, -0.2) is 18.3 Å². The van der Waals surface area contributed by atoms with E-state index >= 15 is 0 Å². The molecule has 0 fully saturated rings. The summed E-state index contributed by atoms with van der Waals surface area (Å²) in [6.45, 7) is 3.16. The summed E-state index contributed by atoms with van der Waals surface area (Å²) in [5.41, 5.74) is 7.03. The Labute approximate surface area is 93.4 Å². The van der Waals surface area contributed by atoms with Gasteiger partial charge in [0, 0.05) is 5.69 Å². The molecule has 0 spiro atoms. The Morgan fingerprint density at radius 2 is 1.75 bits per heavy atom. The third-order valence-electron chi connectivity index (χ3n) is 2.09. The molecule has 0 saturated heterocycles. The van der Waals surface area contributed by atoms with Gasteiger partial charge in [-0.1, -0.05) is 0 Å². The number of aryl methyl sites for hydroxylation is 2. The van der Waals surface area contributed by atoms with Gasteiger partial charge in [-0.05, 0) is 37.1 Å². The summed E-state index contributed by atoms with van der Waals surface area (Å²) >= 11 is 0. The molecule has 0 aliphatic rings. The second kappa shape index (κ2) is 4.31. The van der Waals surface area contributed by atoms with Crippen LogP contribution in [0.2, 0.25) is 0 Å². The van der Waals surface area contributed by atoms with Gasteiger partial charge in [0.15, 0.2) is 0 Å². The van der Waals surface area contributed by atoms with Crippen molar-refractivity contribution in [3.8, 4) is 0 Å². The van der Waals surface area contributed by atoms with Crippen LogP contribution in [-0.2, 0) is 10.3 Å². The molecule has 0 aliphatic carbocycles. The van der Waals surface area contributed by atoms with Crippen LogP contribution in [0.4, 0.5) is 5.69 Å². The van der Waals surface area contributed by atoms with Crippen LogP contribution in [0.1, 0.15) is 16.7 Å². The minimum Gasteiger partial charge on any atom is -0.399 e. The lowest BCUT2D eigenvalue weighted by molar-refractivity contribution is -0.344. The van der Waals surface area contributed by atoms with Gasteiger partial charge in [0.05, 0.1) is 10.5 Å². The first kappa shape index (κ1) is 12.2. The molecule has 0 bridgehead atoms.